The molecule has 0 saturated carbocycles. The van der Waals surface area contributed by atoms with Gasteiger partial charge in [0.2, 0.25) is 0 Å². The fourth-order valence-corrected chi connectivity index (χ4v) is 3.15. The molecule has 24 heavy (non-hydrogen) atoms. The first-order valence-corrected chi connectivity index (χ1v) is 8.57. The third kappa shape index (κ3) is 3.51. The molecule has 0 N–H and O–H groups in total. The summed E-state index contributed by atoms with van der Waals surface area (Å²) in [5.74, 6) is 0.958. The Morgan fingerprint density at radius 1 is 0.750 bits per heavy atom. The summed E-state index contributed by atoms with van der Waals surface area (Å²) < 4.78 is 6.67. The molecule has 3 aromatic rings. The maximum atomic E-state index is 6.67. The van der Waals surface area contributed by atoms with E-state index in [0.29, 0.717) is 0 Å². The van der Waals surface area contributed by atoms with Crippen LogP contribution in [-0.4, -0.2) is 0 Å². The van der Waals surface area contributed by atoms with E-state index in [1.54, 1.807) is 0 Å². The van der Waals surface area contributed by atoms with Crippen molar-refractivity contribution >= 4 is 0 Å². The highest BCUT2D eigenvalue weighted by molar-refractivity contribution is 5.35. The van der Waals surface area contributed by atoms with Crippen molar-refractivity contribution in [3.63, 3.8) is 0 Å². The van der Waals surface area contributed by atoms with Crippen LogP contribution >= 0.6 is 0 Å². The van der Waals surface area contributed by atoms with Gasteiger partial charge in [-0.2, -0.15) is 0 Å². The van der Waals surface area contributed by atoms with E-state index < -0.39 is 0 Å². The normalized spacial score (nSPS) is 13.2. The Bertz CT molecular complexity index is 764. The maximum Gasteiger partial charge on any atom is 0.138 e. The molecule has 0 amide bonds. The monoisotopic (exact) mass is 316 g/mol. The smallest absolute Gasteiger partial charge is 0.138 e. The van der Waals surface area contributed by atoms with Crippen LogP contribution in [0.1, 0.15) is 30.0 Å². The molecule has 0 aliphatic rings. The molecule has 0 spiro atoms. The van der Waals surface area contributed by atoms with E-state index in [2.05, 4.69) is 92.7 Å². The van der Waals surface area contributed by atoms with E-state index in [-0.39, 0.29) is 5.60 Å². The van der Waals surface area contributed by atoms with Gasteiger partial charge in [-0.05, 0) is 36.1 Å². The second-order valence-corrected chi connectivity index (χ2v) is 6.24. The van der Waals surface area contributed by atoms with Crippen molar-refractivity contribution < 1.29 is 4.74 Å². The first-order chi connectivity index (χ1) is 11.7. The Morgan fingerprint density at radius 2 is 1.33 bits per heavy atom. The molecule has 0 radical (unpaired) electrons. The molecule has 0 heterocycles. The Morgan fingerprint density at radius 3 is 1.96 bits per heavy atom. The molecule has 1 heteroatoms. The maximum absolute atomic E-state index is 6.67. The minimum absolute atomic E-state index is 0.366. The second kappa shape index (κ2) is 7.35. The van der Waals surface area contributed by atoms with Gasteiger partial charge in [0.25, 0.3) is 0 Å². The lowest BCUT2D eigenvalue weighted by Gasteiger charge is -2.35. The molecule has 1 unspecified atom stereocenters. The molecule has 0 aromatic heterocycles. The van der Waals surface area contributed by atoms with E-state index in [4.69, 9.17) is 4.74 Å². The standard InChI is InChI=1S/C23H24O/c1-3-23(21-15-8-5-9-16-21,18-20-13-6-4-7-14-20)24-22-17-11-10-12-19(22)2/h4-17H,3,18H2,1-2H3. The second-order valence-electron chi connectivity index (χ2n) is 6.24. The van der Waals surface area contributed by atoms with Crippen molar-refractivity contribution in [1.29, 1.82) is 0 Å². The van der Waals surface area contributed by atoms with Gasteiger partial charge < -0.3 is 4.74 Å². The molecule has 0 bridgehead atoms. The summed E-state index contributed by atoms with van der Waals surface area (Å²) in [5.41, 5.74) is 3.31. The highest BCUT2D eigenvalue weighted by Gasteiger charge is 2.33. The predicted molar refractivity (Wildman–Crippen MR) is 100 cm³/mol. The average molecular weight is 316 g/mol. The number of rotatable bonds is 6. The summed E-state index contributed by atoms with van der Waals surface area (Å²) in [6.45, 7) is 4.30. The molecule has 1 nitrogen and oxygen atoms in total. The van der Waals surface area contributed by atoms with Gasteiger partial charge in [-0.25, -0.2) is 0 Å². The highest BCUT2D eigenvalue weighted by atomic mass is 16.5. The fraction of sp³-hybridized carbons (Fsp3) is 0.217. The van der Waals surface area contributed by atoms with E-state index in [0.717, 1.165) is 18.6 Å². The molecule has 0 fully saturated rings. The first-order valence-electron chi connectivity index (χ1n) is 8.57. The van der Waals surface area contributed by atoms with Crippen LogP contribution < -0.4 is 4.74 Å². The van der Waals surface area contributed by atoms with Crippen LogP contribution in [0, 0.1) is 6.92 Å². The molecule has 3 rings (SSSR count). The predicted octanol–water partition coefficient (Wildman–Crippen LogP) is 5.92. The van der Waals surface area contributed by atoms with Crippen molar-refractivity contribution in [2.45, 2.75) is 32.3 Å². The van der Waals surface area contributed by atoms with Crippen molar-refractivity contribution in [3.05, 3.63) is 102 Å². The first kappa shape index (κ1) is 16.3. The van der Waals surface area contributed by atoms with E-state index in [1.807, 2.05) is 6.07 Å². The Balaban J connectivity index is 2.04. The number of ether oxygens (including phenoxy) is 1. The van der Waals surface area contributed by atoms with Gasteiger partial charge in [-0.3, -0.25) is 0 Å². The van der Waals surface area contributed by atoms with Crippen molar-refractivity contribution in [3.8, 4) is 5.75 Å². The van der Waals surface area contributed by atoms with Gasteiger partial charge >= 0.3 is 0 Å². The minimum Gasteiger partial charge on any atom is -0.482 e. The summed E-state index contributed by atoms with van der Waals surface area (Å²) in [4.78, 5) is 0. The molecule has 122 valence electrons. The van der Waals surface area contributed by atoms with Crippen LogP contribution in [0.3, 0.4) is 0 Å². The van der Waals surface area contributed by atoms with E-state index >= 15 is 0 Å². The van der Waals surface area contributed by atoms with Gasteiger partial charge in [-0.15, -0.1) is 0 Å². The van der Waals surface area contributed by atoms with Gasteiger partial charge in [0.1, 0.15) is 11.4 Å². The number of benzene rings is 3. The Hall–Kier alpha value is -2.54. The van der Waals surface area contributed by atoms with Crippen LogP contribution in [0.4, 0.5) is 0 Å². The van der Waals surface area contributed by atoms with Crippen LogP contribution in [0.25, 0.3) is 0 Å². The summed E-state index contributed by atoms with van der Waals surface area (Å²) >= 11 is 0. The van der Waals surface area contributed by atoms with Crippen LogP contribution in [-0.2, 0) is 12.0 Å². The summed E-state index contributed by atoms with van der Waals surface area (Å²) in [7, 11) is 0. The number of aryl methyl sites for hydroxylation is 1. The minimum atomic E-state index is -0.366. The Labute approximate surface area is 144 Å². The lowest BCUT2D eigenvalue weighted by molar-refractivity contribution is 0.0610. The lowest BCUT2D eigenvalue weighted by Crippen LogP contribution is -2.35. The van der Waals surface area contributed by atoms with Gasteiger partial charge in [-0.1, -0.05) is 85.8 Å². The fourth-order valence-electron chi connectivity index (χ4n) is 3.15. The zero-order valence-corrected chi connectivity index (χ0v) is 14.4. The van der Waals surface area contributed by atoms with Crippen LogP contribution in [0.2, 0.25) is 0 Å². The molecule has 3 aromatic carbocycles. The molecule has 1 atom stereocenters. The third-order valence-corrected chi connectivity index (χ3v) is 4.60. The van der Waals surface area contributed by atoms with Crippen molar-refractivity contribution in [1.82, 2.24) is 0 Å². The average Bonchev–Trinajstić information content (AvgIpc) is 2.64. The zero-order chi connectivity index (χ0) is 16.8. The Kier molecular flexibility index (Phi) is 5.00. The van der Waals surface area contributed by atoms with Crippen LogP contribution in [0.15, 0.2) is 84.9 Å². The number of para-hydroxylation sites is 1. The molecular weight excluding hydrogens is 292 g/mol. The van der Waals surface area contributed by atoms with Crippen LogP contribution in [0.5, 0.6) is 5.75 Å². The topological polar surface area (TPSA) is 9.23 Å². The van der Waals surface area contributed by atoms with Gasteiger partial charge in [0, 0.05) is 6.42 Å². The van der Waals surface area contributed by atoms with Gasteiger partial charge in [0.15, 0.2) is 0 Å². The summed E-state index contributed by atoms with van der Waals surface area (Å²) in [6, 6.07) is 29.4. The zero-order valence-electron chi connectivity index (χ0n) is 14.4. The quantitative estimate of drug-likeness (QED) is 0.548. The van der Waals surface area contributed by atoms with Crippen molar-refractivity contribution in [2.24, 2.45) is 0 Å². The third-order valence-electron chi connectivity index (χ3n) is 4.60. The summed E-state index contributed by atoms with van der Waals surface area (Å²) in [6.07, 6.45) is 1.75. The molecule has 0 aliphatic carbocycles. The lowest BCUT2D eigenvalue weighted by atomic mass is 9.84. The van der Waals surface area contributed by atoms with E-state index in [1.165, 1.54) is 16.7 Å². The number of hydrogen-bond acceptors (Lipinski definition) is 1. The van der Waals surface area contributed by atoms with E-state index in [9.17, 15) is 0 Å². The van der Waals surface area contributed by atoms with Gasteiger partial charge in [0.05, 0.1) is 0 Å². The highest BCUT2D eigenvalue weighted by Crippen LogP contribution is 2.36. The molecule has 0 aliphatic heterocycles. The van der Waals surface area contributed by atoms with Crippen molar-refractivity contribution in [2.75, 3.05) is 0 Å². The number of hydrogen-bond donors (Lipinski definition) is 0. The largest absolute Gasteiger partial charge is 0.482 e. The molecule has 0 saturated heterocycles. The molecular formula is C23H24O. The summed E-state index contributed by atoms with van der Waals surface area (Å²) in [5, 5.41) is 0. The SMILES string of the molecule is CCC(Cc1ccccc1)(Oc1ccccc1C)c1ccccc1.